The minimum absolute atomic E-state index is 0.00300. The van der Waals surface area contributed by atoms with E-state index in [4.69, 9.17) is 4.74 Å². The van der Waals surface area contributed by atoms with Crippen LogP contribution in [-0.4, -0.2) is 72.0 Å². The Bertz CT molecular complexity index is 1260. The van der Waals surface area contributed by atoms with Crippen LogP contribution in [0.3, 0.4) is 0 Å². The molecule has 2 N–H and O–H groups in total. The van der Waals surface area contributed by atoms with Crippen LogP contribution in [0.4, 0.5) is 0 Å². The van der Waals surface area contributed by atoms with E-state index in [0.29, 0.717) is 18.0 Å². The molecule has 7 heteroatoms. The molecule has 0 saturated carbocycles. The summed E-state index contributed by atoms with van der Waals surface area (Å²) in [5.74, 6) is 1.10. The number of fused-ring (bicyclic) bond motifs is 1. The van der Waals surface area contributed by atoms with Gasteiger partial charge in [-0.15, -0.1) is 0 Å². The van der Waals surface area contributed by atoms with E-state index >= 15 is 0 Å². The number of rotatable bonds is 7. The Balaban J connectivity index is 1.05. The first kappa shape index (κ1) is 26.3. The summed E-state index contributed by atoms with van der Waals surface area (Å²) in [5, 5.41) is 4.46. The fourth-order valence-corrected chi connectivity index (χ4v) is 6.30. The highest BCUT2D eigenvalue weighted by Gasteiger charge is 2.30. The normalized spacial score (nSPS) is 17.6. The summed E-state index contributed by atoms with van der Waals surface area (Å²) >= 11 is 0. The summed E-state index contributed by atoms with van der Waals surface area (Å²) in [6.07, 6.45) is 7.35. The molecule has 2 aliphatic heterocycles. The molecule has 202 valence electrons. The molecule has 5 rings (SSSR count). The van der Waals surface area contributed by atoms with Gasteiger partial charge in [-0.2, -0.15) is 0 Å². The van der Waals surface area contributed by atoms with E-state index < -0.39 is 0 Å². The molecule has 2 saturated heterocycles. The summed E-state index contributed by atoms with van der Waals surface area (Å²) in [4.78, 5) is 33.7. The van der Waals surface area contributed by atoms with Crippen molar-refractivity contribution in [3.05, 3.63) is 64.8 Å². The van der Waals surface area contributed by atoms with Gasteiger partial charge in [0.2, 0.25) is 5.91 Å². The van der Waals surface area contributed by atoms with Crippen molar-refractivity contribution in [3.63, 3.8) is 0 Å². The minimum Gasteiger partial charge on any atom is -0.496 e. The molecule has 0 spiro atoms. The number of carbonyl (C=O) groups is 2. The van der Waals surface area contributed by atoms with E-state index in [1.165, 1.54) is 10.9 Å². The first-order chi connectivity index (χ1) is 18.4. The molecule has 38 heavy (non-hydrogen) atoms. The van der Waals surface area contributed by atoms with E-state index in [9.17, 15) is 9.59 Å². The molecule has 0 aliphatic carbocycles. The number of amides is 2. The van der Waals surface area contributed by atoms with Crippen molar-refractivity contribution in [1.82, 2.24) is 20.1 Å². The van der Waals surface area contributed by atoms with Crippen molar-refractivity contribution < 1.29 is 14.3 Å². The van der Waals surface area contributed by atoms with Crippen LogP contribution in [0.15, 0.2) is 42.6 Å². The molecule has 0 unspecified atom stereocenters. The second-order valence-corrected chi connectivity index (χ2v) is 10.9. The SMILES string of the molecule is COc1c(C)cc(C(=O)NC2CCN(C3CCN(C(=O)CCc4c[nH]c5ccccc45)CC3)CC2)cc1C. The zero-order chi connectivity index (χ0) is 26.6. The maximum Gasteiger partial charge on any atom is 0.251 e. The van der Waals surface area contributed by atoms with Crippen LogP contribution in [0, 0.1) is 13.8 Å². The molecule has 2 fully saturated rings. The predicted molar refractivity (Wildman–Crippen MR) is 151 cm³/mol. The van der Waals surface area contributed by atoms with E-state index in [-0.39, 0.29) is 17.9 Å². The summed E-state index contributed by atoms with van der Waals surface area (Å²) in [6, 6.07) is 12.8. The number of carbonyl (C=O) groups excluding carboxylic acids is 2. The lowest BCUT2D eigenvalue weighted by molar-refractivity contribution is -0.132. The molecule has 2 amide bonds. The number of hydrogen-bond donors (Lipinski definition) is 2. The maximum atomic E-state index is 12.9. The number of methoxy groups -OCH3 is 1. The quantitative estimate of drug-likeness (QED) is 0.481. The molecule has 1 aromatic heterocycles. The molecule has 0 bridgehead atoms. The van der Waals surface area contributed by atoms with Crippen molar-refractivity contribution in [3.8, 4) is 5.75 Å². The van der Waals surface area contributed by atoms with Crippen molar-refractivity contribution in [2.75, 3.05) is 33.3 Å². The first-order valence-corrected chi connectivity index (χ1v) is 14.0. The Kier molecular flexibility index (Phi) is 8.03. The number of hydrogen-bond acceptors (Lipinski definition) is 4. The van der Waals surface area contributed by atoms with Crippen molar-refractivity contribution in [2.45, 2.75) is 64.5 Å². The fourth-order valence-electron chi connectivity index (χ4n) is 6.30. The van der Waals surface area contributed by atoms with E-state index in [2.05, 4.69) is 32.2 Å². The highest BCUT2D eigenvalue weighted by molar-refractivity contribution is 5.95. The molecule has 0 radical (unpaired) electrons. The zero-order valence-corrected chi connectivity index (χ0v) is 22.9. The molecule has 0 atom stereocenters. The Morgan fingerprint density at radius 2 is 1.68 bits per heavy atom. The van der Waals surface area contributed by atoms with Gasteiger partial charge < -0.3 is 24.8 Å². The van der Waals surface area contributed by atoms with Gasteiger partial charge >= 0.3 is 0 Å². The number of piperidine rings is 2. The van der Waals surface area contributed by atoms with Gasteiger partial charge in [-0.05, 0) is 80.8 Å². The average Bonchev–Trinajstić information content (AvgIpc) is 3.35. The van der Waals surface area contributed by atoms with Crippen molar-refractivity contribution in [1.29, 1.82) is 0 Å². The zero-order valence-electron chi connectivity index (χ0n) is 22.9. The van der Waals surface area contributed by atoms with Crippen molar-refractivity contribution >= 4 is 22.7 Å². The third-order valence-corrected chi connectivity index (χ3v) is 8.41. The molecule has 2 aliphatic rings. The molecular formula is C31H40N4O3. The van der Waals surface area contributed by atoms with Gasteiger partial charge in [-0.1, -0.05) is 18.2 Å². The number of para-hydroxylation sites is 1. The number of nitrogens with one attached hydrogen (secondary N) is 2. The van der Waals surface area contributed by atoms with Gasteiger partial charge in [0.05, 0.1) is 7.11 Å². The molecule has 2 aromatic carbocycles. The van der Waals surface area contributed by atoms with E-state index in [1.54, 1.807) is 7.11 Å². The number of aromatic nitrogens is 1. The highest BCUT2D eigenvalue weighted by Crippen LogP contribution is 2.26. The Hall–Kier alpha value is -3.32. The third kappa shape index (κ3) is 5.73. The lowest BCUT2D eigenvalue weighted by Crippen LogP contribution is -2.51. The fraction of sp³-hybridized carbons (Fsp3) is 0.484. The van der Waals surface area contributed by atoms with Gasteiger partial charge in [0.1, 0.15) is 5.75 Å². The summed E-state index contributed by atoms with van der Waals surface area (Å²) in [6.45, 7) is 7.61. The number of likely N-dealkylation sites (tertiary alicyclic amines) is 2. The number of nitrogens with zero attached hydrogens (tertiary/aromatic N) is 2. The lowest BCUT2D eigenvalue weighted by atomic mass is 9.97. The van der Waals surface area contributed by atoms with Gasteiger partial charge in [-0.3, -0.25) is 9.59 Å². The van der Waals surface area contributed by atoms with Crippen LogP contribution >= 0.6 is 0 Å². The predicted octanol–water partition coefficient (Wildman–Crippen LogP) is 4.61. The van der Waals surface area contributed by atoms with Gasteiger partial charge in [0.15, 0.2) is 0 Å². The second kappa shape index (κ2) is 11.6. The third-order valence-electron chi connectivity index (χ3n) is 8.41. The number of H-pyrrole nitrogens is 1. The largest absolute Gasteiger partial charge is 0.496 e. The number of aromatic amines is 1. The first-order valence-electron chi connectivity index (χ1n) is 14.0. The minimum atomic E-state index is -0.00300. The summed E-state index contributed by atoms with van der Waals surface area (Å²) < 4.78 is 5.43. The van der Waals surface area contributed by atoms with E-state index in [1.807, 2.05) is 44.3 Å². The van der Waals surface area contributed by atoms with Crippen LogP contribution in [-0.2, 0) is 11.2 Å². The van der Waals surface area contributed by atoms with E-state index in [0.717, 1.165) is 80.7 Å². The summed E-state index contributed by atoms with van der Waals surface area (Å²) in [7, 11) is 1.66. The lowest BCUT2D eigenvalue weighted by Gasteiger charge is -2.42. The molecule has 7 nitrogen and oxygen atoms in total. The number of ether oxygens (including phenoxy) is 1. The average molecular weight is 517 g/mol. The molecule has 3 aromatic rings. The Labute approximate surface area is 225 Å². The van der Waals surface area contributed by atoms with Crippen LogP contribution in [0.25, 0.3) is 10.9 Å². The topological polar surface area (TPSA) is 77.7 Å². The Morgan fingerprint density at radius 1 is 1.00 bits per heavy atom. The Morgan fingerprint density at radius 3 is 2.37 bits per heavy atom. The molecular weight excluding hydrogens is 476 g/mol. The standard InChI is InChI=1S/C31H40N4O3/c1-21-18-24(19-22(2)30(21)38-3)31(37)33-25-10-14-34(15-11-25)26-12-16-35(17-13-26)29(36)9-8-23-20-32-28-7-5-4-6-27(23)28/h4-7,18-20,25-26,32H,8-17H2,1-3H3,(H,33,37). The monoisotopic (exact) mass is 516 g/mol. The van der Waals surface area contributed by atoms with Gasteiger partial charge in [0.25, 0.3) is 5.91 Å². The van der Waals surface area contributed by atoms with Crippen LogP contribution < -0.4 is 10.1 Å². The van der Waals surface area contributed by atoms with Gasteiger partial charge in [0, 0.05) is 67.3 Å². The number of benzene rings is 2. The smallest absolute Gasteiger partial charge is 0.251 e. The summed E-state index contributed by atoms with van der Waals surface area (Å²) in [5.41, 5.74) is 5.01. The van der Waals surface area contributed by atoms with Crippen LogP contribution in [0.1, 0.15) is 59.2 Å². The number of aryl methyl sites for hydroxylation is 3. The maximum absolute atomic E-state index is 12.9. The van der Waals surface area contributed by atoms with Crippen LogP contribution in [0.2, 0.25) is 0 Å². The molecule has 3 heterocycles. The van der Waals surface area contributed by atoms with Crippen molar-refractivity contribution in [2.24, 2.45) is 0 Å². The van der Waals surface area contributed by atoms with Gasteiger partial charge in [-0.25, -0.2) is 0 Å². The highest BCUT2D eigenvalue weighted by atomic mass is 16.5. The van der Waals surface area contributed by atoms with Crippen LogP contribution in [0.5, 0.6) is 5.75 Å². The second-order valence-electron chi connectivity index (χ2n) is 10.9.